The van der Waals surface area contributed by atoms with Crippen molar-refractivity contribution >= 4 is 22.1 Å². The van der Waals surface area contributed by atoms with Crippen LogP contribution in [-0.2, 0) is 19.7 Å². The molecule has 2 rings (SSSR count). The van der Waals surface area contributed by atoms with Crippen molar-refractivity contribution in [1.82, 2.24) is 0 Å². The standard InChI is InChI=1S/C16H26O7S.K.H/c17-14(18)13(11-7-3-1-4-8-11)16(15(19)20,24(21,22)23)12-9-5-2-6-10-12;;/h11-13H,1-10H2,(H,17,18)(H,19,20)(H,21,22,23);;/q;+1;-1. The van der Waals surface area contributed by atoms with Crippen LogP contribution in [0.4, 0.5) is 0 Å². The monoisotopic (exact) mass is 402 g/mol. The summed E-state index contributed by atoms with van der Waals surface area (Å²) >= 11 is 0. The van der Waals surface area contributed by atoms with Gasteiger partial charge in [-0.3, -0.25) is 14.1 Å². The third-order valence-electron chi connectivity index (χ3n) is 5.82. The summed E-state index contributed by atoms with van der Waals surface area (Å²) in [6.45, 7) is 0. The van der Waals surface area contributed by atoms with Crippen LogP contribution in [-0.4, -0.2) is 39.9 Å². The van der Waals surface area contributed by atoms with E-state index in [-0.39, 0.29) is 52.8 Å². The smallest absolute Gasteiger partial charge is 1.00 e. The average Bonchev–Trinajstić information content (AvgIpc) is 2.52. The van der Waals surface area contributed by atoms with Crippen LogP contribution in [0.2, 0.25) is 0 Å². The number of aliphatic carboxylic acids is 2. The molecule has 9 heteroatoms. The van der Waals surface area contributed by atoms with Gasteiger partial charge in [0, 0.05) is 0 Å². The number of carboxylic acid groups (broad SMARTS) is 2. The molecule has 0 aromatic rings. The van der Waals surface area contributed by atoms with Crippen LogP contribution in [0, 0.1) is 17.8 Å². The van der Waals surface area contributed by atoms with E-state index in [1.807, 2.05) is 0 Å². The fourth-order valence-electron chi connectivity index (χ4n) is 4.78. The molecule has 7 nitrogen and oxygen atoms in total. The molecule has 0 bridgehead atoms. The van der Waals surface area contributed by atoms with E-state index in [1.165, 1.54) is 0 Å². The summed E-state index contributed by atoms with van der Waals surface area (Å²) in [5.74, 6) is -6.20. The first-order valence-electron chi connectivity index (χ1n) is 8.66. The zero-order chi connectivity index (χ0) is 18.0. The summed E-state index contributed by atoms with van der Waals surface area (Å²) in [4.78, 5) is 24.2. The molecule has 0 aromatic carbocycles. The van der Waals surface area contributed by atoms with Gasteiger partial charge in [-0.1, -0.05) is 38.5 Å². The second-order valence-electron chi connectivity index (χ2n) is 7.12. The number of hydrogen-bond donors (Lipinski definition) is 3. The molecule has 2 aliphatic rings. The summed E-state index contributed by atoms with van der Waals surface area (Å²) < 4.78 is 31.9. The zero-order valence-corrected chi connectivity index (χ0v) is 18.6. The van der Waals surface area contributed by atoms with E-state index in [2.05, 4.69) is 0 Å². The minimum Gasteiger partial charge on any atom is -1.00 e. The Kier molecular flexibility index (Phi) is 9.05. The average molecular weight is 403 g/mol. The quantitative estimate of drug-likeness (QED) is 0.410. The van der Waals surface area contributed by atoms with Gasteiger partial charge >= 0.3 is 63.3 Å². The number of carbonyl (C=O) groups is 2. The van der Waals surface area contributed by atoms with Crippen molar-refractivity contribution in [3.05, 3.63) is 0 Å². The van der Waals surface area contributed by atoms with E-state index < -0.39 is 44.6 Å². The van der Waals surface area contributed by atoms with Gasteiger partial charge in [-0.2, -0.15) is 8.42 Å². The number of rotatable bonds is 6. The van der Waals surface area contributed by atoms with Crippen molar-refractivity contribution in [1.29, 1.82) is 0 Å². The van der Waals surface area contributed by atoms with E-state index in [1.54, 1.807) is 0 Å². The second-order valence-corrected chi connectivity index (χ2v) is 8.75. The minimum atomic E-state index is -5.10. The van der Waals surface area contributed by atoms with E-state index in [0.29, 0.717) is 38.5 Å². The Bertz CT molecular complexity index is 585. The summed E-state index contributed by atoms with van der Waals surface area (Å²) in [6, 6.07) is 0. The van der Waals surface area contributed by atoms with Crippen LogP contribution in [0.3, 0.4) is 0 Å². The fourth-order valence-corrected chi connectivity index (χ4v) is 6.27. The Morgan fingerprint density at radius 2 is 1.36 bits per heavy atom. The van der Waals surface area contributed by atoms with Gasteiger partial charge in [-0.05, 0) is 37.5 Å². The maximum atomic E-state index is 12.3. The largest absolute Gasteiger partial charge is 1.00 e. The van der Waals surface area contributed by atoms with E-state index in [4.69, 9.17) is 0 Å². The Balaban J connectivity index is 0.00000312. The van der Waals surface area contributed by atoms with Gasteiger partial charge in [0.05, 0.1) is 5.92 Å². The number of hydrogen-bond acceptors (Lipinski definition) is 4. The molecule has 2 unspecified atom stereocenters. The molecular weight excluding hydrogens is 375 g/mol. The maximum absolute atomic E-state index is 12.3. The first-order chi connectivity index (χ1) is 11.2. The Hall–Kier alpha value is 0.486. The SMILES string of the molecule is O=C(O)C(C1CCCCC1)C(C(=O)O)(C1CCCCC1)S(=O)(=O)O.[H-].[K+]. The van der Waals surface area contributed by atoms with Crippen LogP contribution >= 0.6 is 0 Å². The molecule has 0 saturated heterocycles. The van der Waals surface area contributed by atoms with Gasteiger partial charge in [-0.25, -0.2) is 0 Å². The molecular formula is C16H27KO7S. The van der Waals surface area contributed by atoms with E-state index in [9.17, 15) is 32.8 Å². The molecule has 0 aromatic heterocycles. The molecule has 2 atom stereocenters. The normalized spacial score (nSPS) is 23.9. The minimum absolute atomic E-state index is 0. The van der Waals surface area contributed by atoms with Gasteiger partial charge in [-0.15, -0.1) is 0 Å². The zero-order valence-electron chi connectivity index (χ0n) is 15.7. The molecule has 0 spiro atoms. The second kappa shape index (κ2) is 9.61. The van der Waals surface area contributed by atoms with Crippen molar-refractivity contribution in [2.75, 3.05) is 0 Å². The molecule has 2 aliphatic carbocycles. The molecule has 0 heterocycles. The van der Waals surface area contributed by atoms with Gasteiger partial charge in [0.25, 0.3) is 10.1 Å². The first kappa shape index (κ1) is 23.5. The maximum Gasteiger partial charge on any atom is 1.00 e. The molecule has 3 N–H and O–H groups in total. The van der Waals surface area contributed by atoms with Gasteiger partial charge < -0.3 is 11.6 Å². The van der Waals surface area contributed by atoms with Crippen molar-refractivity contribution in [2.24, 2.45) is 17.8 Å². The Morgan fingerprint density at radius 3 is 1.72 bits per heavy atom. The van der Waals surface area contributed by atoms with Crippen molar-refractivity contribution < 1.29 is 85.6 Å². The van der Waals surface area contributed by atoms with Crippen molar-refractivity contribution in [3.8, 4) is 0 Å². The third kappa shape index (κ3) is 4.67. The van der Waals surface area contributed by atoms with E-state index >= 15 is 0 Å². The van der Waals surface area contributed by atoms with Crippen molar-refractivity contribution in [2.45, 2.75) is 69.0 Å². The molecule has 0 radical (unpaired) electrons. The van der Waals surface area contributed by atoms with Crippen LogP contribution in [0.25, 0.3) is 0 Å². The Labute approximate surface area is 192 Å². The molecule has 0 amide bonds. The van der Waals surface area contributed by atoms with Gasteiger partial charge in [0.2, 0.25) is 4.75 Å². The van der Waals surface area contributed by atoms with Crippen LogP contribution in [0.5, 0.6) is 0 Å². The molecule has 25 heavy (non-hydrogen) atoms. The molecule has 2 saturated carbocycles. The molecule has 0 aliphatic heterocycles. The van der Waals surface area contributed by atoms with Crippen LogP contribution < -0.4 is 51.4 Å². The molecule has 2 fully saturated rings. The van der Waals surface area contributed by atoms with Gasteiger partial charge in [0.15, 0.2) is 0 Å². The summed E-state index contributed by atoms with van der Waals surface area (Å²) in [5, 5.41) is 19.6. The van der Waals surface area contributed by atoms with Crippen molar-refractivity contribution in [3.63, 3.8) is 0 Å². The van der Waals surface area contributed by atoms with E-state index in [0.717, 1.165) is 25.7 Å². The summed E-state index contributed by atoms with van der Waals surface area (Å²) in [7, 11) is -5.10. The Morgan fingerprint density at radius 1 is 0.920 bits per heavy atom. The number of carboxylic acids is 2. The fraction of sp³-hybridized carbons (Fsp3) is 0.875. The van der Waals surface area contributed by atoms with Crippen LogP contribution in [0.1, 0.15) is 65.6 Å². The first-order valence-corrected chi connectivity index (χ1v) is 10.1. The third-order valence-corrected chi connectivity index (χ3v) is 7.44. The predicted octanol–water partition coefficient (Wildman–Crippen LogP) is -0.324. The summed E-state index contributed by atoms with van der Waals surface area (Å²) in [6.07, 6.45) is 6.16. The summed E-state index contributed by atoms with van der Waals surface area (Å²) in [5.41, 5.74) is 0. The molecule has 140 valence electrons. The predicted molar refractivity (Wildman–Crippen MR) is 87.3 cm³/mol. The topological polar surface area (TPSA) is 129 Å². The van der Waals surface area contributed by atoms with Crippen LogP contribution in [0.15, 0.2) is 0 Å². The van der Waals surface area contributed by atoms with Gasteiger partial charge in [0.1, 0.15) is 0 Å².